The lowest BCUT2D eigenvalue weighted by atomic mass is 10.0. The SMILES string of the molecule is COc1ccc(OCc2c(Cl)cc(F)cc2[C@H](CO)NC(=O)CCl)cc1. The van der Waals surface area contributed by atoms with Crippen LogP contribution in [0.1, 0.15) is 17.2 Å². The third-order valence-electron chi connectivity index (χ3n) is 3.65. The number of halogens is 3. The predicted molar refractivity (Wildman–Crippen MR) is 97.4 cm³/mol. The van der Waals surface area contributed by atoms with Crippen LogP contribution in [0, 0.1) is 5.82 Å². The van der Waals surface area contributed by atoms with Gasteiger partial charge < -0.3 is 19.9 Å². The summed E-state index contributed by atoms with van der Waals surface area (Å²) in [5.41, 5.74) is 0.780. The summed E-state index contributed by atoms with van der Waals surface area (Å²) in [6.45, 7) is -0.425. The fraction of sp³-hybridized carbons (Fsp3) is 0.278. The number of carbonyl (C=O) groups excluding carboxylic acids is 1. The fourth-order valence-electron chi connectivity index (χ4n) is 2.37. The van der Waals surface area contributed by atoms with Crippen molar-refractivity contribution < 1.29 is 23.8 Å². The molecule has 1 atom stereocenters. The van der Waals surface area contributed by atoms with Gasteiger partial charge in [-0.05, 0) is 42.0 Å². The zero-order chi connectivity index (χ0) is 19.1. The van der Waals surface area contributed by atoms with Crippen LogP contribution in [0.25, 0.3) is 0 Å². The van der Waals surface area contributed by atoms with E-state index in [1.165, 1.54) is 6.07 Å². The second-order valence-electron chi connectivity index (χ2n) is 5.36. The van der Waals surface area contributed by atoms with Crippen molar-refractivity contribution in [1.29, 1.82) is 0 Å². The Hall–Kier alpha value is -2.02. The van der Waals surface area contributed by atoms with Crippen molar-refractivity contribution in [2.24, 2.45) is 0 Å². The molecule has 0 spiro atoms. The van der Waals surface area contributed by atoms with Gasteiger partial charge in [-0.1, -0.05) is 11.6 Å². The molecule has 2 aromatic carbocycles. The third kappa shape index (κ3) is 5.24. The van der Waals surface area contributed by atoms with Gasteiger partial charge in [-0.15, -0.1) is 11.6 Å². The molecule has 5 nitrogen and oxygen atoms in total. The topological polar surface area (TPSA) is 67.8 Å². The second-order valence-corrected chi connectivity index (χ2v) is 6.03. The number of hydrogen-bond donors (Lipinski definition) is 2. The molecule has 8 heteroatoms. The highest BCUT2D eigenvalue weighted by Crippen LogP contribution is 2.29. The Bertz CT molecular complexity index is 756. The predicted octanol–water partition coefficient (Wildman–Crippen LogP) is 3.46. The minimum absolute atomic E-state index is 0.0218. The Morgan fingerprint density at radius 2 is 1.92 bits per heavy atom. The van der Waals surface area contributed by atoms with Crippen LogP contribution in [-0.2, 0) is 11.4 Å². The number of alkyl halides is 1. The number of aliphatic hydroxyl groups is 1. The first-order chi connectivity index (χ1) is 12.5. The van der Waals surface area contributed by atoms with E-state index in [1.807, 2.05) is 0 Å². The van der Waals surface area contributed by atoms with Gasteiger partial charge in [-0.25, -0.2) is 4.39 Å². The minimum Gasteiger partial charge on any atom is -0.497 e. The standard InChI is InChI=1S/C18H18Cl2FNO4/c1-25-12-2-4-13(5-3-12)26-10-15-14(6-11(21)7-16(15)20)17(9-23)22-18(24)8-19/h2-7,17,23H,8-10H2,1H3,(H,22,24)/t17-/m0/s1. The van der Waals surface area contributed by atoms with Crippen molar-refractivity contribution in [3.8, 4) is 11.5 Å². The van der Waals surface area contributed by atoms with Gasteiger partial charge in [-0.2, -0.15) is 0 Å². The molecule has 26 heavy (non-hydrogen) atoms. The van der Waals surface area contributed by atoms with E-state index >= 15 is 0 Å². The summed E-state index contributed by atoms with van der Waals surface area (Å²) in [6.07, 6.45) is 0. The van der Waals surface area contributed by atoms with Crippen LogP contribution in [-0.4, -0.2) is 30.6 Å². The van der Waals surface area contributed by atoms with Gasteiger partial charge in [0, 0.05) is 5.56 Å². The number of benzene rings is 2. The Morgan fingerprint density at radius 3 is 2.50 bits per heavy atom. The quantitative estimate of drug-likeness (QED) is 0.664. The molecule has 0 bridgehead atoms. The van der Waals surface area contributed by atoms with E-state index < -0.39 is 24.4 Å². The molecule has 0 aliphatic heterocycles. The fourth-order valence-corrected chi connectivity index (χ4v) is 2.71. The highest BCUT2D eigenvalue weighted by molar-refractivity contribution is 6.31. The highest BCUT2D eigenvalue weighted by Gasteiger charge is 2.20. The molecular formula is C18H18Cl2FNO4. The molecule has 0 aliphatic carbocycles. The van der Waals surface area contributed by atoms with E-state index in [1.54, 1.807) is 31.4 Å². The summed E-state index contributed by atoms with van der Waals surface area (Å²) in [5, 5.41) is 12.2. The van der Waals surface area contributed by atoms with Gasteiger partial charge >= 0.3 is 0 Å². The molecule has 2 N–H and O–H groups in total. The van der Waals surface area contributed by atoms with E-state index in [2.05, 4.69) is 5.32 Å². The summed E-state index contributed by atoms with van der Waals surface area (Å²) in [7, 11) is 1.56. The zero-order valence-electron chi connectivity index (χ0n) is 14.0. The van der Waals surface area contributed by atoms with E-state index in [0.29, 0.717) is 22.6 Å². The van der Waals surface area contributed by atoms with Crippen molar-refractivity contribution in [2.75, 3.05) is 19.6 Å². The lowest BCUT2D eigenvalue weighted by Crippen LogP contribution is -2.32. The number of amides is 1. The lowest BCUT2D eigenvalue weighted by molar-refractivity contribution is -0.119. The number of aliphatic hydroxyl groups excluding tert-OH is 1. The van der Waals surface area contributed by atoms with Crippen LogP contribution in [0.3, 0.4) is 0 Å². The molecule has 0 fully saturated rings. The van der Waals surface area contributed by atoms with E-state index in [0.717, 1.165) is 6.07 Å². The molecule has 2 rings (SSSR count). The van der Waals surface area contributed by atoms with Gasteiger partial charge in [-0.3, -0.25) is 4.79 Å². The average Bonchev–Trinajstić information content (AvgIpc) is 2.65. The van der Waals surface area contributed by atoms with E-state index in [9.17, 15) is 14.3 Å². The normalized spacial score (nSPS) is 11.7. The van der Waals surface area contributed by atoms with Crippen LogP contribution in [0.2, 0.25) is 5.02 Å². The Kier molecular flexibility index (Phi) is 7.50. The van der Waals surface area contributed by atoms with Gasteiger partial charge in [0.1, 0.15) is 29.8 Å². The first-order valence-corrected chi connectivity index (χ1v) is 8.60. The van der Waals surface area contributed by atoms with E-state index in [4.69, 9.17) is 32.7 Å². The first-order valence-electron chi connectivity index (χ1n) is 7.69. The smallest absolute Gasteiger partial charge is 0.235 e. The third-order valence-corrected chi connectivity index (χ3v) is 4.23. The van der Waals surface area contributed by atoms with Crippen molar-refractivity contribution >= 4 is 29.1 Å². The number of methoxy groups -OCH3 is 1. The van der Waals surface area contributed by atoms with Crippen molar-refractivity contribution in [2.45, 2.75) is 12.6 Å². The number of hydrogen-bond acceptors (Lipinski definition) is 4. The molecule has 2 aromatic rings. The van der Waals surface area contributed by atoms with Crippen molar-refractivity contribution in [3.05, 3.63) is 58.4 Å². The van der Waals surface area contributed by atoms with Crippen molar-refractivity contribution in [3.63, 3.8) is 0 Å². The van der Waals surface area contributed by atoms with Gasteiger partial charge in [0.25, 0.3) is 0 Å². The summed E-state index contributed by atoms with van der Waals surface area (Å²) in [6, 6.07) is 8.40. The summed E-state index contributed by atoms with van der Waals surface area (Å²) in [5.74, 6) is -0.119. The molecule has 0 radical (unpaired) electrons. The van der Waals surface area contributed by atoms with Crippen LogP contribution in [0.4, 0.5) is 4.39 Å². The average molecular weight is 402 g/mol. The summed E-state index contributed by atoms with van der Waals surface area (Å²) in [4.78, 5) is 11.6. The number of carbonyl (C=O) groups is 1. The van der Waals surface area contributed by atoms with Crippen LogP contribution >= 0.6 is 23.2 Å². The molecular weight excluding hydrogens is 384 g/mol. The molecule has 0 aliphatic rings. The van der Waals surface area contributed by atoms with Gasteiger partial charge in [0.05, 0.1) is 24.8 Å². The summed E-state index contributed by atoms with van der Waals surface area (Å²) < 4.78 is 24.6. The largest absolute Gasteiger partial charge is 0.497 e. The summed E-state index contributed by atoms with van der Waals surface area (Å²) >= 11 is 11.6. The Labute approximate surface area is 160 Å². The molecule has 1 amide bonds. The molecule has 0 saturated carbocycles. The van der Waals surface area contributed by atoms with Crippen LogP contribution in [0.5, 0.6) is 11.5 Å². The van der Waals surface area contributed by atoms with Gasteiger partial charge in [0.15, 0.2) is 0 Å². The second kappa shape index (κ2) is 9.62. The Morgan fingerprint density at radius 1 is 1.27 bits per heavy atom. The molecule has 0 saturated heterocycles. The lowest BCUT2D eigenvalue weighted by Gasteiger charge is -2.21. The first kappa shape index (κ1) is 20.3. The molecule has 0 heterocycles. The van der Waals surface area contributed by atoms with Crippen LogP contribution in [0.15, 0.2) is 36.4 Å². The molecule has 0 aromatic heterocycles. The zero-order valence-corrected chi connectivity index (χ0v) is 15.5. The molecule has 0 unspecified atom stereocenters. The van der Waals surface area contributed by atoms with E-state index in [-0.39, 0.29) is 17.5 Å². The Balaban J connectivity index is 2.26. The van der Waals surface area contributed by atoms with Gasteiger partial charge in [0.2, 0.25) is 5.91 Å². The van der Waals surface area contributed by atoms with Crippen LogP contribution < -0.4 is 14.8 Å². The number of rotatable bonds is 8. The molecule has 140 valence electrons. The number of ether oxygens (including phenoxy) is 2. The van der Waals surface area contributed by atoms with Crippen molar-refractivity contribution in [1.82, 2.24) is 5.32 Å². The maximum absolute atomic E-state index is 13.8. The maximum atomic E-state index is 13.8. The minimum atomic E-state index is -0.857. The monoisotopic (exact) mass is 401 g/mol. The highest BCUT2D eigenvalue weighted by atomic mass is 35.5. The number of nitrogens with one attached hydrogen (secondary N) is 1. The maximum Gasteiger partial charge on any atom is 0.235 e.